The standard InChI is InChI=1S/C16H12ClNO3/c17-11-6-8-13(9-7-11)21-14-10-15(19)18(16(14)20)12-4-2-1-3-5-12/h1-9,14H,10H2. The zero-order chi connectivity index (χ0) is 14.8. The van der Waals surface area contributed by atoms with E-state index < -0.39 is 6.10 Å². The summed E-state index contributed by atoms with van der Waals surface area (Å²) in [5.41, 5.74) is 0.565. The number of hydrogen-bond acceptors (Lipinski definition) is 3. The molecule has 21 heavy (non-hydrogen) atoms. The van der Waals surface area contributed by atoms with Gasteiger partial charge in [-0.25, -0.2) is 4.90 Å². The molecule has 1 fully saturated rings. The van der Waals surface area contributed by atoms with Crippen LogP contribution in [0.2, 0.25) is 5.02 Å². The van der Waals surface area contributed by atoms with Gasteiger partial charge in [-0.1, -0.05) is 29.8 Å². The Bertz CT molecular complexity index is 670. The molecule has 0 aromatic heterocycles. The molecule has 1 heterocycles. The Morgan fingerprint density at radius 2 is 1.67 bits per heavy atom. The van der Waals surface area contributed by atoms with Crippen molar-refractivity contribution in [3.05, 3.63) is 59.6 Å². The Balaban J connectivity index is 1.79. The summed E-state index contributed by atoms with van der Waals surface area (Å²) in [4.78, 5) is 25.6. The second-order valence-corrected chi connectivity index (χ2v) is 5.10. The van der Waals surface area contributed by atoms with Crippen LogP contribution in [-0.4, -0.2) is 17.9 Å². The van der Waals surface area contributed by atoms with Gasteiger partial charge in [-0.2, -0.15) is 0 Å². The minimum atomic E-state index is -0.793. The minimum absolute atomic E-state index is 0.0380. The largest absolute Gasteiger partial charge is 0.480 e. The summed E-state index contributed by atoms with van der Waals surface area (Å²) in [5.74, 6) is -0.0909. The molecular formula is C16H12ClNO3. The molecule has 2 aromatic carbocycles. The van der Waals surface area contributed by atoms with Crippen molar-refractivity contribution in [2.45, 2.75) is 12.5 Å². The van der Waals surface area contributed by atoms with Gasteiger partial charge in [-0.3, -0.25) is 9.59 Å². The maximum Gasteiger partial charge on any atom is 0.275 e. The summed E-state index contributed by atoms with van der Waals surface area (Å²) >= 11 is 5.80. The van der Waals surface area contributed by atoms with Gasteiger partial charge < -0.3 is 4.74 Å². The molecular weight excluding hydrogens is 290 g/mol. The van der Waals surface area contributed by atoms with Crippen molar-refractivity contribution in [1.29, 1.82) is 0 Å². The lowest BCUT2D eigenvalue weighted by molar-refractivity contribution is -0.123. The Kier molecular flexibility index (Phi) is 3.62. The van der Waals surface area contributed by atoms with Crippen LogP contribution < -0.4 is 9.64 Å². The van der Waals surface area contributed by atoms with E-state index in [0.717, 1.165) is 0 Å². The summed E-state index contributed by atoms with van der Waals surface area (Å²) in [6.07, 6.45) is -0.755. The van der Waals surface area contributed by atoms with Crippen LogP contribution in [0.5, 0.6) is 5.75 Å². The average Bonchev–Trinajstić information content (AvgIpc) is 2.77. The van der Waals surface area contributed by atoms with E-state index in [1.54, 1.807) is 48.5 Å². The van der Waals surface area contributed by atoms with Gasteiger partial charge in [0, 0.05) is 5.02 Å². The molecule has 0 N–H and O–H groups in total. The topological polar surface area (TPSA) is 46.6 Å². The molecule has 1 aliphatic heterocycles. The second kappa shape index (κ2) is 5.58. The number of hydrogen-bond donors (Lipinski definition) is 0. The van der Waals surface area contributed by atoms with Crippen LogP contribution in [0.4, 0.5) is 5.69 Å². The molecule has 1 saturated heterocycles. The van der Waals surface area contributed by atoms with Gasteiger partial charge in [0.15, 0.2) is 6.10 Å². The third-order valence-corrected chi connectivity index (χ3v) is 3.46. The van der Waals surface area contributed by atoms with Crippen molar-refractivity contribution >= 4 is 29.1 Å². The minimum Gasteiger partial charge on any atom is -0.480 e. The summed E-state index contributed by atoms with van der Waals surface area (Å²) in [7, 11) is 0. The molecule has 0 radical (unpaired) electrons. The van der Waals surface area contributed by atoms with E-state index in [1.807, 2.05) is 6.07 Å². The zero-order valence-corrected chi connectivity index (χ0v) is 11.8. The monoisotopic (exact) mass is 301 g/mol. The SMILES string of the molecule is O=C1CC(Oc2ccc(Cl)cc2)C(=O)N1c1ccccc1. The number of rotatable bonds is 3. The first-order valence-electron chi connectivity index (χ1n) is 6.49. The van der Waals surface area contributed by atoms with Crippen molar-refractivity contribution in [1.82, 2.24) is 0 Å². The quantitative estimate of drug-likeness (QED) is 0.819. The van der Waals surface area contributed by atoms with Gasteiger partial charge in [-0.05, 0) is 36.4 Å². The Hall–Kier alpha value is -2.33. The lowest BCUT2D eigenvalue weighted by atomic mass is 10.3. The summed E-state index contributed by atoms with van der Waals surface area (Å²) in [6.45, 7) is 0. The van der Waals surface area contributed by atoms with E-state index in [1.165, 1.54) is 4.90 Å². The van der Waals surface area contributed by atoms with Crippen molar-refractivity contribution < 1.29 is 14.3 Å². The molecule has 2 amide bonds. The number of ether oxygens (including phenoxy) is 1. The molecule has 4 nitrogen and oxygen atoms in total. The van der Waals surface area contributed by atoms with Crippen LogP contribution in [0.1, 0.15) is 6.42 Å². The van der Waals surface area contributed by atoms with E-state index in [4.69, 9.17) is 16.3 Å². The molecule has 1 unspecified atom stereocenters. The highest BCUT2D eigenvalue weighted by Crippen LogP contribution is 2.26. The van der Waals surface area contributed by atoms with Crippen LogP contribution in [-0.2, 0) is 9.59 Å². The lowest BCUT2D eigenvalue weighted by Gasteiger charge is -2.15. The number of benzene rings is 2. The van der Waals surface area contributed by atoms with Gasteiger partial charge in [0.05, 0.1) is 12.1 Å². The van der Waals surface area contributed by atoms with Gasteiger partial charge in [0.25, 0.3) is 5.91 Å². The summed E-state index contributed by atoms with van der Waals surface area (Å²) in [6, 6.07) is 15.5. The molecule has 106 valence electrons. The van der Waals surface area contributed by atoms with Gasteiger partial charge >= 0.3 is 0 Å². The number of anilines is 1. The van der Waals surface area contributed by atoms with Crippen molar-refractivity contribution in [3.63, 3.8) is 0 Å². The zero-order valence-electron chi connectivity index (χ0n) is 11.0. The van der Waals surface area contributed by atoms with E-state index in [2.05, 4.69) is 0 Å². The van der Waals surface area contributed by atoms with Crippen molar-refractivity contribution in [2.24, 2.45) is 0 Å². The van der Waals surface area contributed by atoms with Gasteiger partial charge in [-0.15, -0.1) is 0 Å². The molecule has 0 bridgehead atoms. The number of imide groups is 1. The van der Waals surface area contributed by atoms with Crippen molar-refractivity contribution in [3.8, 4) is 5.75 Å². The highest BCUT2D eigenvalue weighted by atomic mass is 35.5. The van der Waals surface area contributed by atoms with Crippen LogP contribution in [0.15, 0.2) is 54.6 Å². The average molecular weight is 302 g/mol. The number of amides is 2. The fraction of sp³-hybridized carbons (Fsp3) is 0.125. The summed E-state index contributed by atoms with van der Waals surface area (Å²) < 4.78 is 5.59. The lowest BCUT2D eigenvalue weighted by Crippen LogP contribution is -2.33. The van der Waals surface area contributed by atoms with E-state index in [9.17, 15) is 9.59 Å². The van der Waals surface area contributed by atoms with Gasteiger partial charge in [0.2, 0.25) is 5.91 Å². The molecule has 0 saturated carbocycles. The number of carbonyl (C=O) groups is 2. The maximum absolute atomic E-state index is 12.3. The van der Waals surface area contributed by atoms with Crippen LogP contribution >= 0.6 is 11.6 Å². The van der Waals surface area contributed by atoms with Gasteiger partial charge in [0.1, 0.15) is 5.75 Å². The Morgan fingerprint density at radius 1 is 1.00 bits per heavy atom. The maximum atomic E-state index is 12.3. The first kappa shape index (κ1) is 13.6. The van der Waals surface area contributed by atoms with E-state index in [-0.39, 0.29) is 18.2 Å². The smallest absolute Gasteiger partial charge is 0.275 e. The number of halogens is 1. The first-order chi connectivity index (χ1) is 10.1. The predicted octanol–water partition coefficient (Wildman–Crippen LogP) is 3.05. The molecule has 2 aromatic rings. The molecule has 1 aliphatic rings. The van der Waals surface area contributed by atoms with E-state index >= 15 is 0 Å². The molecule has 5 heteroatoms. The summed E-state index contributed by atoms with van der Waals surface area (Å²) in [5, 5.41) is 0.585. The van der Waals surface area contributed by atoms with Crippen LogP contribution in [0.3, 0.4) is 0 Å². The molecule has 0 aliphatic carbocycles. The highest BCUT2D eigenvalue weighted by Gasteiger charge is 2.41. The third kappa shape index (κ3) is 2.76. The fourth-order valence-electron chi connectivity index (χ4n) is 2.22. The second-order valence-electron chi connectivity index (χ2n) is 4.67. The predicted molar refractivity (Wildman–Crippen MR) is 79.4 cm³/mol. The molecule has 3 rings (SSSR count). The number of para-hydroxylation sites is 1. The van der Waals surface area contributed by atoms with Crippen molar-refractivity contribution in [2.75, 3.05) is 4.90 Å². The first-order valence-corrected chi connectivity index (χ1v) is 6.87. The normalized spacial score (nSPS) is 18.1. The Labute approximate surface area is 126 Å². The van der Waals surface area contributed by atoms with Crippen LogP contribution in [0.25, 0.3) is 0 Å². The Morgan fingerprint density at radius 3 is 2.33 bits per heavy atom. The van der Waals surface area contributed by atoms with Crippen LogP contribution in [0, 0.1) is 0 Å². The molecule has 1 atom stereocenters. The number of carbonyl (C=O) groups excluding carboxylic acids is 2. The third-order valence-electron chi connectivity index (χ3n) is 3.21. The highest BCUT2D eigenvalue weighted by molar-refractivity contribution is 6.30. The fourth-order valence-corrected chi connectivity index (χ4v) is 2.35. The number of nitrogens with zero attached hydrogens (tertiary/aromatic N) is 1. The van der Waals surface area contributed by atoms with E-state index in [0.29, 0.717) is 16.5 Å². The molecule has 0 spiro atoms.